The number of rotatable bonds is 14. The lowest BCUT2D eigenvalue weighted by Crippen LogP contribution is -2.51. The molecule has 0 radical (unpaired) electrons. The first-order valence-electron chi connectivity index (χ1n) is 14.8. The lowest BCUT2D eigenvalue weighted by molar-refractivity contribution is -0.141. The highest BCUT2D eigenvalue weighted by Gasteiger charge is 2.43. The van der Waals surface area contributed by atoms with Gasteiger partial charge in [-0.3, -0.25) is 0 Å². The largest absolute Gasteiger partial charge is 0.455 e. The van der Waals surface area contributed by atoms with Crippen LogP contribution in [0.4, 0.5) is 0 Å². The van der Waals surface area contributed by atoms with Gasteiger partial charge in [0.1, 0.15) is 6.10 Å². The van der Waals surface area contributed by atoms with Gasteiger partial charge in [-0.1, -0.05) is 74.5 Å². The number of carbonyl (C=O) groups excluding carboxylic acids is 1. The minimum atomic E-state index is -2.08. The van der Waals surface area contributed by atoms with Crippen LogP contribution in [0.2, 0.25) is 54.4 Å². The van der Waals surface area contributed by atoms with Crippen LogP contribution in [0, 0.1) is 0 Å². The third-order valence-corrected chi connectivity index (χ3v) is 23.0. The van der Waals surface area contributed by atoms with Crippen molar-refractivity contribution in [2.75, 3.05) is 0 Å². The Morgan fingerprint density at radius 2 is 1.42 bits per heavy atom. The fourth-order valence-corrected chi connectivity index (χ4v) is 9.88. The second-order valence-corrected chi connectivity index (χ2v) is 28.4. The number of esters is 1. The number of hydrogen-bond donors (Lipinski definition) is 0. The van der Waals surface area contributed by atoms with Crippen molar-refractivity contribution in [3.05, 3.63) is 24.3 Å². The van der Waals surface area contributed by atoms with Gasteiger partial charge in [0.05, 0.1) is 18.3 Å². The number of carbonyl (C=O) groups is 1. The molecule has 0 saturated heterocycles. The Balaban J connectivity index is 3.41. The molecule has 5 nitrogen and oxygen atoms in total. The van der Waals surface area contributed by atoms with E-state index in [0.717, 1.165) is 24.6 Å². The van der Waals surface area contributed by atoms with Gasteiger partial charge >= 0.3 is 5.97 Å². The van der Waals surface area contributed by atoms with Gasteiger partial charge in [0.25, 0.3) is 0 Å². The van der Waals surface area contributed by atoms with Crippen LogP contribution in [0.5, 0.6) is 0 Å². The van der Waals surface area contributed by atoms with Gasteiger partial charge < -0.3 is 18.0 Å². The molecule has 0 aromatic heterocycles. The molecule has 0 amide bonds. The molecule has 1 heterocycles. The first kappa shape index (κ1) is 35.5. The Morgan fingerprint density at radius 3 is 1.87 bits per heavy atom. The lowest BCUT2D eigenvalue weighted by atomic mass is 10.1. The summed E-state index contributed by atoms with van der Waals surface area (Å²) in [4.78, 5) is 11.8. The van der Waals surface area contributed by atoms with Gasteiger partial charge in [0, 0.05) is 18.9 Å². The van der Waals surface area contributed by atoms with Gasteiger partial charge in [0.15, 0.2) is 25.0 Å². The van der Waals surface area contributed by atoms with Gasteiger partial charge in [-0.25, -0.2) is 4.79 Å². The lowest BCUT2D eigenvalue weighted by Gasteiger charge is -2.44. The van der Waals surface area contributed by atoms with E-state index in [9.17, 15) is 4.79 Å². The fraction of sp³-hybridized carbons (Fsp3) is 0.833. The summed E-state index contributed by atoms with van der Waals surface area (Å²) < 4.78 is 26.6. The minimum Gasteiger partial charge on any atom is -0.455 e. The molecule has 1 aliphatic heterocycles. The van der Waals surface area contributed by atoms with Crippen LogP contribution < -0.4 is 0 Å². The Kier molecular flexibility index (Phi) is 13.0. The normalized spacial score (nSPS) is 20.5. The summed E-state index contributed by atoms with van der Waals surface area (Å²) in [6.07, 6.45) is 8.44. The van der Waals surface area contributed by atoms with E-state index >= 15 is 0 Å². The molecule has 0 bridgehead atoms. The number of cyclic esters (lactones) is 1. The second kappa shape index (κ2) is 13.9. The van der Waals surface area contributed by atoms with Crippen molar-refractivity contribution in [1.82, 2.24) is 0 Å². The summed E-state index contributed by atoms with van der Waals surface area (Å²) in [6.45, 7) is 32.0. The van der Waals surface area contributed by atoms with E-state index < -0.39 is 25.0 Å². The Hall–Kier alpha value is -0.519. The molecule has 0 saturated carbocycles. The van der Waals surface area contributed by atoms with E-state index in [1.165, 1.54) is 6.08 Å². The van der Waals surface area contributed by atoms with E-state index in [1.807, 2.05) is 12.2 Å². The zero-order chi connectivity index (χ0) is 29.6. The second-order valence-electron chi connectivity index (χ2n) is 14.1. The molecule has 222 valence electrons. The van der Waals surface area contributed by atoms with Crippen LogP contribution >= 0.6 is 0 Å². The molecule has 0 fully saturated rings. The molecule has 0 unspecified atom stereocenters. The molecule has 0 aromatic carbocycles. The third kappa shape index (κ3) is 10.1. The summed E-state index contributed by atoms with van der Waals surface area (Å²) >= 11 is 0. The van der Waals surface area contributed by atoms with Crippen LogP contribution in [0.1, 0.15) is 82.1 Å². The van der Waals surface area contributed by atoms with Gasteiger partial charge in [0.2, 0.25) is 0 Å². The van der Waals surface area contributed by atoms with Gasteiger partial charge in [-0.15, -0.1) is 0 Å². The first-order valence-corrected chi connectivity index (χ1v) is 23.2. The van der Waals surface area contributed by atoms with Crippen molar-refractivity contribution < 1.29 is 22.8 Å². The highest BCUT2D eigenvalue weighted by atomic mass is 28.4. The quantitative estimate of drug-likeness (QED) is 0.116. The zero-order valence-corrected chi connectivity index (χ0v) is 30.2. The summed E-state index contributed by atoms with van der Waals surface area (Å²) in [5.74, 6) is -0.282. The average Bonchev–Trinajstić information content (AvgIpc) is 2.78. The summed E-state index contributed by atoms with van der Waals surface area (Å²) in [5, 5.41) is 0.198. The maximum absolute atomic E-state index is 11.8. The Bertz CT molecular complexity index is 795. The summed E-state index contributed by atoms with van der Waals surface area (Å²) in [6, 6.07) is 3.28. The molecule has 38 heavy (non-hydrogen) atoms. The van der Waals surface area contributed by atoms with Crippen molar-refractivity contribution in [3.63, 3.8) is 0 Å². The molecule has 1 aliphatic rings. The Morgan fingerprint density at radius 1 is 0.921 bits per heavy atom. The van der Waals surface area contributed by atoms with Gasteiger partial charge in [-0.05, 0) is 67.4 Å². The fourth-order valence-electron chi connectivity index (χ4n) is 4.22. The topological polar surface area (TPSA) is 54.0 Å². The molecular weight excluding hydrogens is 525 g/mol. The smallest absolute Gasteiger partial charge is 0.331 e. The highest BCUT2D eigenvalue weighted by molar-refractivity contribution is 6.75. The van der Waals surface area contributed by atoms with Crippen LogP contribution in [0.3, 0.4) is 0 Å². The molecule has 8 heteroatoms. The van der Waals surface area contributed by atoms with Gasteiger partial charge in [-0.2, -0.15) is 0 Å². The van der Waals surface area contributed by atoms with Crippen molar-refractivity contribution in [3.8, 4) is 0 Å². The molecule has 4 atom stereocenters. The molecule has 0 N–H and O–H groups in total. The maximum Gasteiger partial charge on any atom is 0.331 e. The van der Waals surface area contributed by atoms with E-state index in [2.05, 4.69) is 102 Å². The average molecular weight is 585 g/mol. The summed E-state index contributed by atoms with van der Waals surface area (Å²) in [5.41, 5.74) is 0. The molecule has 1 rings (SSSR count). The SMILES string of the molecule is CC[Si](CC)(CC)O[C@H](C[C@@H](/C=C\[C@H]1CC=CC(=O)O1)O[Si](C)(C)C(C)(C)C)[C@H](C)O[Si](C)(C)C(C)(C)C. The van der Waals surface area contributed by atoms with Crippen LogP contribution in [0.25, 0.3) is 0 Å². The third-order valence-electron chi connectivity index (χ3n) is 9.29. The Labute approximate surface area is 238 Å². The standard InChI is InChI=1S/C30H60O5Si3/c1-15-38(16-2,17-3)35-27(24(4)33-36(11,12)29(5,6)7)23-26(34-37(13,14)30(8,9)10)22-21-25-19-18-20-28(31)32-25/h18,20-22,24-27H,15-17,19,23H2,1-14H3/b22-21-/t24-,25+,26+,27+/m0/s1. The number of hydrogen-bond acceptors (Lipinski definition) is 5. The molecule has 0 aliphatic carbocycles. The van der Waals surface area contributed by atoms with Crippen LogP contribution in [-0.4, -0.2) is 55.3 Å². The molecule has 0 spiro atoms. The highest BCUT2D eigenvalue weighted by Crippen LogP contribution is 2.40. The van der Waals surface area contributed by atoms with Crippen LogP contribution in [0.15, 0.2) is 24.3 Å². The van der Waals surface area contributed by atoms with E-state index in [1.54, 1.807) is 0 Å². The maximum atomic E-state index is 11.8. The first-order chi connectivity index (χ1) is 17.2. The van der Waals surface area contributed by atoms with Crippen molar-refractivity contribution >= 4 is 30.9 Å². The minimum absolute atomic E-state index is 0.0400. The van der Waals surface area contributed by atoms with E-state index in [-0.39, 0.29) is 40.5 Å². The van der Waals surface area contributed by atoms with Crippen molar-refractivity contribution in [1.29, 1.82) is 0 Å². The van der Waals surface area contributed by atoms with Crippen molar-refractivity contribution in [2.45, 2.75) is 161 Å². The monoisotopic (exact) mass is 584 g/mol. The summed E-state index contributed by atoms with van der Waals surface area (Å²) in [7, 11) is -5.98. The predicted molar refractivity (Wildman–Crippen MR) is 169 cm³/mol. The molecular formula is C30H60O5Si3. The molecule has 0 aromatic rings. The van der Waals surface area contributed by atoms with Crippen LogP contribution in [-0.2, 0) is 22.8 Å². The predicted octanol–water partition coefficient (Wildman–Crippen LogP) is 9.00. The zero-order valence-electron chi connectivity index (χ0n) is 27.2. The van der Waals surface area contributed by atoms with E-state index in [0.29, 0.717) is 6.42 Å². The van der Waals surface area contributed by atoms with Crippen molar-refractivity contribution in [2.24, 2.45) is 0 Å². The number of ether oxygens (including phenoxy) is 1. The van der Waals surface area contributed by atoms with E-state index in [4.69, 9.17) is 18.0 Å².